The van der Waals surface area contributed by atoms with Gasteiger partial charge < -0.3 is 20.5 Å². The number of amides is 1. The second kappa shape index (κ2) is 7.92. The summed E-state index contributed by atoms with van der Waals surface area (Å²) in [6, 6.07) is 4.35. The lowest BCUT2D eigenvalue weighted by atomic mass is 10.2. The summed E-state index contributed by atoms with van der Waals surface area (Å²) < 4.78 is 4.87. The Labute approximate surface area is 111 Å². The van der Waals surface area contributed by atoms with E-state index in [0.717, 1.165) is 6.54 Å². The molecule has 1 aromatic rings. The summed E-state index contributed by atoms with van der Waals surface area (Å²) in [5.41, 5.74) is 0.426. The van der Waals surface area contributed by atoms with Crippen molar-refractivity contribution in [2.75, 3.05) is 33.4 Å². The van der Waals surface area contributed by atoms with E-state index < -0.39 is 0 Å². The summed E-state index contributed by atoms with van der Waals surface area (Å²) in [7, 11) is 1.64. The van der Waals surface area contributed by atoms with E-state index in [1.807, 2.05) is 0 Å². The largest absolute Gasteiger partial charge is 0.506 e. The zero-order chi connectivity index (χ0) is 13.4. The average molecular weight is 273 g/mol. The molecule has 0 aliphatic carbocycles. The number of halogens is 1. The molecule has 0 aliphatic heterocycles. The lowest BCUT2D eigenvalue weighted by Gasteiger charge is -2.07. The highest BCUT2D eigenvalue weighted by molar-refractivity contribution is 6.32. The SMILES string of the molecule is COCCNCCNC(=O)c1ccc(O)c(Cl)c1. The Morgan fingerprint density at radius 1 is 1.39 bits per heavy atom. The first-order chi connectivity index (χ1) is 8.65. The number of hydrogen-bond donors (Lipinski definition) is 3. The van der Waals surface area contributed by atoms with Crippen LogP contribution < -0.4 is 10.6 Å². The molecule has 1 amide bonds. The van der Waals surface area contributed by atoms with E-state index in [2.05, 4.69) is 10.6 Å². The van der Waals surface area contributed by atoms with Gasteiger partial charge >= 0.3 is 0 Å². The molecule has 0 spiro atoms. The van der Waals surface area contributed by atoms with Crippen LogP contribution in [0.15, 0.2) is 18.2 Å². The molecule has 6 heteroatoms. The Morgan fingerprint density at radius 3 is 2.83 bits per heavy atom. The van der Waals surface area contributed by atoms with Gasteiger partial charge in [-0.3, -0.25) is 4.79 Å². The van der Waals surface area contributed by atoms with Crippen molar-refractivity contribution in [3.8, 4) is 5.75 Å². The fraction of sp³-hybridized carbons (Fsp3) is 0.417. The van der Waals surface area contributed by atoms with Crippen LogP contribution in [0.4, 0.5) is 0 Å². The minimum atomic E-state index is -0.217. The van der Waals surface area contributed by atoms with Crippen LogP contribution in [0.3, 0.4) is 0 Å². The number of methoxy groups -OCH3 is 1. The van der Waals surface area contributed by atoms with E-state index >= 15 is 0 Å². The first-order valence-corrected chi connectivity index (χ1v) is 5.99. The average Bonchev–Trinajstić information content (AvgIpc) is 2.36. The van der Waals surface area contributed by atoms with Gasteiger partial charge in [0.05, 0.1) is 11.6 Å². The Kier molecular flexibility index (Phi) is 6.49. The highest BCUT2D eigenvalue weighted by Gasteiger charge is 2.07. The van der Waals surface area contributed by atoms with Gasteiger partial charge in [0.1, 0.15) is 5.75 Å². The van der Waals surface area contributed by atoms with E-state index in [-0.39, 0.29) is 16.7 Å². The van der Waals surface area contributed by atoms with Crippen molar-refractivity contribution in [3.63, 3.8) is 0 Å². The number of rotatable bonds is 7. The molecule has 0 saturated carbocycles. The number of benzene rings is 1. The topological polar surface area (TPSA) is 70.6 Å². The summed E-state index contributed by atoms with van der Waals surface area (Å²) in [5, 5.41) is 15.3. The number of carbonyl (C=O) groups is 1. The number of ether oxygens (including phenoxy) is 1. The number of hydrogen-bond acceptors (Lipinski definition) is 4. The van der Waals surface area contributed by atoms with Gasteiger partial charge in [0.2, 0.25) is 0 Å². The van der Waals surface area contributed by atoms with Crippen LogP contribution in [0, 0.1) is 0 Å². The van der Waals surface area contributed by atoms with Crippen molar-refractivity contribution in [3.05, 3.63) is 28.8 Å². The number of aromatic hydroxyl groups is 1. The van der Waals surface area contributed by atoms with E-state index in [1.54, 1.807) is 7.11 Å². The van der Waals surface area contributed by atoms with Crippen LogP contribution in [0.5, 0.6) is 5.75 Å². The Hall–Kier alpha value is -1.30. The molecule has 0 bridgehead atoms. The minimum Gasteiger partial charge on any atom is -0.506 e. The van der Waals surface area contributed by atoms with Crippen molar-refractivity contribution in [1.82, 2.24) is 10.6 Å². The van der Waals surface area contributed by atoms with Gasteiger partial charge in [-0.25, -0.2) is 0 Å². The molecular weight excluding hydrogens is 256 g/mol. The van der Waals surface area contributed by atoms with Crippen molar-refractivity contribution < 1.29 is 14.6 Å². The first-order valence-electron chi connectivity index (χ1n) is 5.61. The van der Waals surface area contributed by atoms with Gasteiger partial charge in [-0.1, -0.05) is 11.6 Å². The molecule has 0 aromatic heterocycles. The normalized spacial score (nSPS) is 10.3. The van der Waals surface area contributed by atoms with Gasteiger partial charge in [-0.05, 0) is 18.2 Å². The van der Waals surface area contributed by atoms with Crippen LogP contribution in [0.25, 0.3) is 0 Å². The van der Waals surface area contributed by atoms with Crippen LogP contribution in [0.1, 0.15) is 10.4 Å². The second-order valence-corrected chi connectivity index (χ2v) is 4.07. The molecule has 100 valence electrons. The molecule has 0 unspecified atom stereocenters. The first kappa shape index (κ1) is 14.8. The molecule has 0 saturated heterocycles. The monoisotopic (exact) mass is 272 g/mol. The van der Waals surface area contributed by atoms with Crippen LogP contribution in [-0.4, -0.2) is 44.4 Å². The predicted molar refractivity (Wildman–Crippen MR) is 70.2 cm³/mol. The van der Waals surface area contributed by atoms with E-state index in [4.69, 9.17) is 16.3 Å². The quantitative estimate of drug-likeness (QED) is 0.648. The summed E-state index contributed by atoms with van der Waals surface area (Å²) in [5.74, 6) is -0.250. The Balaban J connectivity index is 2.30. The number of nitrogens with one attached hydrogen (secondary N) is 2. The van der Waals surface area contributed by atoms with Crippen LogP contribution in [0.2, 0.25) is 5.02 Å². The standard InChI is InChI=1S/C12H17ClN2O3/c1-18-7-6-14-4-5-15-12(17)9-2-3-11(16)10(13)8-9/h2-3,8,14,16H,4-7H2,1H3,(H,15,17). The third-order valence-electron chi connectivity index (χ3n) is 2.28. The maximum absolute atomic E-state index is 11.7. The molecule has 0 fully saturated rings. The third kappa shape index (κ3) is 4.91. The molecule has 3 N–H and O–H groups in total. The molecule has 1 rings (SSSR count). The zero-order valence-corrected chi connectivity index (χ0v) is 11.0. The smallest absolute Gasteiger partial charge is 0.251 e. The summed E-state index contributed by atoms with van der Waals surface area (Å²) in [6.07, 6.45) is 0. The van der Waals surface area contributed by atoms with Crippen molar-refractivity contribution >= 4 is 17.5 Å². The molecule has 0 heterocycles. The lowest BCUT2D eigenvalue weighted by molar-refractivity contribution is 0.0953. The second-order valence-electron chi connectivity index (χ2n) is 3.66. The maximum atomic E-state index is 11.7. The summed E-state index contributed by atoms with van der Waals surface area (Å²) in [6.45, 7) is 2.57. The van der Waals surface area contributed by atoms with E-state index in [1.165, 1.54) is 18.2 Å². The fourth-order valence-corrected chi connectivity index (χ4v) is 1.49. The van der Waals surface area contributed by atoms with E-state index in [0.29, 0.717) is 25.3 Å². The highest BCUT2D eigenvalue weighted by Crippen LogP contribution is 2.23. The molecular formula is C12H17ClN2O3. The molecule has 5 nitrogen and oxygen atoms in total. The van der Waals surface area contributed by atoms with Gasteiger partial charge in [0.25, 0.3) is 5.91 Å². The van der Waals surface area contributed by atoms with Crippen LogP contribution >= 0.6 is 11.6 Å². The number of phenolic OH excluding ortho intramolecular Hbond substituents is 1. The fourth-order valence-electron chi connectivity index (χ4n) is 1.31. The van der Waals surface area contributed by atoms with Gasteiger partial charge in [-0.15, -0.1) is 0 Å². The predicted octanol–water partition coefficient (Wildman–Crippen LogP) is 1.01. The summed E-state index contributed by atoms with van der Waals surface area (Å²) >= 11 is 5.72. The Morgan fingerprint density at radius 2 is 2.17 bits per heavy atom. The van der Waals surface area contributed by atoms with Crippen LogP contribution in [-0.2, 0) is 4.74 Å². The number of carbonyl (C=O) groups excluding carboxylic acids is 1. The zero-order valence-electron chi connectivity index (χ0n) is 10.2. The Bertz CT molecular complexity index is 399. The molecule has 0 radical (unpaired) electrons. The van der Waals surface area contributed by atoms with Gasteiger partial charge in [0.15, 0.2) is 0 Å². The highest BCUT2D eigenvalue weighted by atomic mass is 35.5. The number of phenols is 1. The molecule has 0 aliphatic rings. The van der Waals surface area contributed by atoms with Crippen molar-refractivity contribution in [2.24, 2.45) is 0 Å². The minimum absolute atomic E-state index is 0.0329. The molecule has 0 atom stereocenters. The van der Waals surface area contributed by atoms with Crippen molar-refractivity contribution in [2.45, 2.75) is 0 Å². The summed E-state index contributed by atoms with van der Waals surface area (Å²) in [4.78, 5) is 11.7. The molecule has 18 heavy (non-hydrogen) atoms. The maximum Gasteiger partial charge on any atom is 0.251 e. The lowest BCUT2D eigenvalue weighted by Crippen LogP contribution is -2.33. The van der Waals surface area contributed by atoms with Gasteiger partial charge in [0, 0.05) is 32.3 Å². The molecule has 1 aromatic carbocycles. The van der Waals surface area contributed by atoms with E-state index in [9.17, 15) is 9.90 Å². The van der Waals surface area contributed by atoms with Gasteiger partial charge in [-0.2, -0.15) is 0 Å². The van der Waals surface area contributed by atoms with Crippen molar-refractivity contribution in [1.29, 1.82) is 0 Å². The third-order valence-corrected chi connectivity index (χ3v) is 2.58.